The summed E-state index contributed by atoms with van der Waals surface area (Å²) in [5.74, 6) is 0.189. The second kappa shape index (κ2) is 6.73. The Bertz CT molecular complexity index is 716. The van der Waals surface area contributed by atoms with Crippen LogP contribution < -0.4 is 9.80 Å². The van der Waals surface area contributed by atoms with Crippen LogP contribution in [0.2, 0.25) is 5.02 Å². The predicted octanol–water partition coefficient (Wildman–Crippen LogP) is 2.33. The zero-order valence-corrected chi connectivity index (χ0v) is 14.3. The Morgan fingerprint density at radius 3 is 2.83 bits per heavy atom. The molecule has 0 spiro atoms. The molecule has 4 heteroatoms. The summed E-state index contributed by atoms with van der Waals surface area (Å²) in [6, 6.07) is 15.9. The van der Waals surface area contributed by atoms with Crippen LogP contribution in [0.15, 0.2) is 48.5 Å². The van der Waals surface area contributed by atoms with Crippen molar-refractivity contribution in [2.24, 2.45) is 0 Å². The van der Waals surface area contributed by atoms with E-state index in [9.17, 15) is 4.79 Å². The van der Waals surface area contributed by atoms with Gasteiger partial charge in [-0.1, -0.05) is 41.9 Å². The van der Waals surface area contributed by atoms with Crippen LogP contribution >= 0.6 is 11.6 Å². The van der Waals surface area contributed by atoms with E-state index in [0.29, 0.717) is 0 Å². The number of para-hydroxylation sites is 1. The van der Waals surface area contributed by atoms with E-state index >= 15 is 0 Å². The molecule has 120 valence electrons. The van der Waals surface area contributed by atoms with Crippen molar-refractivity contribution in [2.75, 3.05) is 18.5 Å². The average Bonchev–Trinajstić information content (AvgIpc) is 2.97. The van der Waals surface area contributed by atoms with Gasteiger partial charge in [0.1, 0.15) is 6.54 Å². The zero-order chi connectivity index (χ0) is 16.4. The molecule has 1 amide bonds. The van der Waals surface area contributed by atoms with E-state index in [0.717, 1.165) is 35.8 Å². The number of nitrogens with zero attached hydrogens (tertiary/aromatic N) is 1. The molecule has 0 saturated heterocycles. The highest BCUT2D eigenvalue weighted by Gasteiger charge is 2.31. The standard InChI is InChI=1S/C19H21ClN2O/c1-14(21(2)13-15-6-5-8-17(20)12-15)19(23)22-11-10-16-7-3-4-9-18(16)22/h3-9,12,14H,10-11,13H2,1-2H3/p+1/t14-/m1/s1. The highest BCUT2D eigenvalue weighted by atomic mass is 35.5. The van der Waals surface area contributed by atoms with E-state index < -0.39 is 0 Å². The van der Waals surface area contributed by atoms with E-state index in [1.54, 1.807) is 0 Å². The molecule has 1 aliphatic rings. The van der Waals surface area contributed by atoms with Crippen molar-refractivity contribution in [1.82, 2.24) is 0 Å². The number of rotatable bonds is 4. The molecule has 0 aromatic heterocycles. The molecule has 3 nitrogen and oxygen atoms in total. The molecule has 3 rings (SSSR count). The van der Waals surface area contributed by atoms with Crippen LogP contribution in [0.5, 0.6) is 0 Å². The van der Waals surface area contributed by atoms with Crippen LogP contribution in [0, 0.1) is 0 Å². The molecule has 2 atom stereocenters. The lowest BCUT2D eigenvalue weighted by Crippen LogP contribution is -3.12. The molecule has 0 fully saturated rings. The molecular formula is C19H22ClN2O+. The van der Waals surface area contributed by atoms with Crippen molar-refractivity contribution >= 4 is 23.2 Å². The van der Waals surface area contributed by atoms with E-state index in [1.165, 1.54) is 10.5 Å². The lowest BCUT2D eigenvalue weighted by molar-refractivity contribution is -0.908. The Labute approximate surface area is 142 Å². The number of likely N-dealkylation sites (N-methyl/N-ethyl adjacent to an activating group) is 1. The topological polar surface area (TPSA) is 24.8 Å². The van der Waals surface area contributed by atoms with Gasteiger partial charge in [0, 0.05) is 22.8 Å². The van der Waals surface area contributed by atoms with Crippen molar-refractivity contribution in [3.8, 4) is 0 Å². The number of carbonyl (C=O) groups is 1. The van der Waals surface area contributed by atoms with E-state index in [2.05, 4.69) is 19.2 Å². The van der Waals surface area contributed by atoms with Gasteiger partial charge >= 0.3 is 0 Å². The molecule has 0 aliphatic carbocycles. The maximum absolute atomic E-state index is 12.9. The van der Waals surface area contributed by atoms with Gasteiger partial charge in [-0.2, -0.15) is 0 Å². The molecule has 1 heterocycles. The first-order chi connectivity index (χ1) is 11.1. The normalized spacial score (nSPS) is 16.0. The number of hydrogen-bond acceptors (Lipinski definition) is 1. The van der Waals surface area contributed by atoms with Crippen LogP contribution in [0.4, 0.5) is 5.69 Å². The van der Waals surface area contributed by atoms with Gasteiger partial charge in [0.15, 0.2) is 6.04 Å². The molecule has 0 bridgehead atoms. The summed E-state index contributed by atoms with van der Waals surface area (Å²) < 4.78 is 0. The van der Waals surface area contributed by atoms with Gasteiger partial charge in [-0.25, -0.2) is 0 Å². The number of quaternary nitrogens is 1. The van der Waals surface area contributed by atoms with Gasteiger partial charge in [0.25, 0.3) is 5.91 Å². The van der Waals surface area contributed by atoms with E-state index in [-0.39, 0.29) is 11.9 Å². The Morgan fingerprint density at radius 2 is 2.04 bits per heavy atom. The number of carbonyl (C=O) groups excluding carboxylic acids is 1. The first-order valence-electron chi connectivity index (χ1n) is 8.02. The van der Waals surface area contributed by atoms with Crippen molar-refractivity contribution < 1.29 is 9.69 Å². The minimum atomic E-state index is -0.0971. The molecule has 2 aromatic carbocycles. The van der Waals surface area contributed by atoms with Gasteiger partial charge in [-0.05, 0) is 37.1 Å². The van der Waals surface area contributed by atoms with Crippen LogP contribution in [0.25, 0.3) is 0 Å². The fourth-order valence-electron chi connectivity index (χ4n) is 3.13. The number of anilines is 1. The van der Waals surface area contributed by atoms with Crippen molar-refractivity contribution in [1.29, 1.82) is 0 Å². The van der Waals surface area contributed by atoms with E-state index in [1.807, 2.05) is 48.2 Å². The molecule has 2 aromatic rings. The van der Waals surface area contributed by atoms with Crippen LogP contribution in [-0.4, -0.2) is 25.5 Å². The molecular weight excluding hydrogens is 308 g/mol. The fourth-order valence-corrected chi connectivity index (χ4v) is 3.35. The second-order valence-corrected chi connectivity index (χ2v) is 6.68. The smallest absolute Gasteiger partial charge is 0.284 e. The number of hydrogen-bond donors (Lipinski definition) is 1. The highest BCUT2D eigenvalue weighted by Crippen LogP contribution is 2.27. The number of nitrogens with one attached hydrogen (secondary N) is 1. The number of fused-ring (bicyclic) bond motifs is 1. The third kappa shape index (κ3) is 3.41. The summed E-state index contributed by atoms with van der Waals surface area (Å²) in [7, 11) is 2.06. The largest absolute Gasteiger partial charge is 0.324 e. The third-order valence-corrected chi connectivity index (χ3v) is 4.87. The first-order valence-corrected chi connectivity index (χ1v) is 8.40. The van der Waals surface area contributed by atoms with E-state index in [4.69, 9.17) is 11.6 Å². The minimum absolute atomic E-state index is 0.0971. The highest BCUT2D eigenvalue weighted by molar-refractivity contribution is 6.30. The molecule has 0 radical (unpaired) electrons. The Hall–Kier alpha value is -1.84. The Kier molecular flexibility index (Phi) is 4.69. The lowest BCUT2D eigenvalue weighted by Gasteiger charge is -2.26. The summed E-state index contributed by atoms with van der Waals surface area (Å²) in [4.78, 5) is 16.0. The van der Waals surface area contributed by atoms with Gasteiger partial charge in [0.05, 0.1) is 7.05 Å². The van der Waals surface area contributed by atoms with Crippen molar-refractivity contribution in [3.63, 3.8) is 0 Å². The lowest BCUT2D eigenvalue weighted by atomic mass is 10.1. The van der Waals surface area contributed by atoms with Crippen LogP contribution in [0.3, 0.4) is 0 Å². The molecule has 0 saturated carbocycles. The molecule has 1 unspecified atom stereocenters. The predicted molar refractivity (Wildman–Crippen MR) is 94.0 cm³/mol. The van der Waals surface area contributed by atoms with Gasteiger partial charge < -0.3 is 9.80 Å². The summed E-state index contributed by atoms with van der Waals surface area (Å²) in [5, 5.41) is 0.739. The third-order valence-electron chi connectivity index (χ3n) is 4.63. The summed E-state index contributed by atoms with van der Waals surface area (Å²) in [6.07, 6.45) is 0.946. The summed E-state index contributed by atoms with van der Waals surface area (Å²) in [6.45, 7) is 3.57. The van der Waals surface area contributed by atoms with Crippen LogP contribution in [0.1, 0.15) is 18.1 Å². The van der Waals surface area contributed by atoms with Gasteiger partial charge in [-0.15, -0.1) is 0 Å². The SMILES string of the molecule is C[C@H](C(=O)N1CCc2ccccc21)[NH+](C)Cc1cccc(Cl)c1. The Morgan fingerprint density at radius 1 is 1.26 bits per heavy atom. The maximum Gasteiger partial charge on any atom is 0.284 e. The van der Waals surface area contributed by atoms with Gasteiger partial charge in [-0.3, -0.25) is 4.79 Å². The zero-order valence-electron chi connectivity index (χ0n) is 13.6. The quantitative estimate of drug-likeness (QED) is 0.915. The summed E-state index contributed by atoms with van der Waals surface area (Å²) >= 11 is 6.05. The Balaban J connectivity index is 1.70. The molecule has 1 N–H and O–H groups in total. The minimum Gasteiger partial charge on any atom is -0.324 e. The monoisotopic (exact) mass is 329 g/mol. The fraction of sp³-hybridized carbons (Fsp3) is 0.316. The molecule has 23 heavy (non-hydrogen) atoms. The summed E-state index contributed by atoms with van der Waals surface area (Å²) in [5.41, 5.74) is 3.48. The number of amides is 1. The number of benzene rings is 2. The second-order valence-electron chi connectivity index (χ2n) is 6.24. The van der Waals surface area contributed by atoms with Crippen LogP contribution in [-0.2, 0) is 17.8 Å². The first kappa shape index (κ1) is 16.0. The van der Waals surface area contributed by atoms with Crippen molar-refractivity contribution in [2.45, 2.75) is 25.9 Å². The van der Waals surface area contributed by atoms with Crippen molar-refractivity contribution in [3.05, 3.63) is 64.7 Å². The average molecular weight is 330 g/mol. The number of halogens is 1. The van der Waals surface area contributed by atoms with Gasteiger partial charge in [0.2, 0.25) is 0 Å². The maximum atomic E-state index is 12.9. The molecule has 1 aliphatic heterocycles.